The molecule has 0 aliphatic rings. The van der Waals surface area contributed by atoms with Crippen LogP contribution in [-0.2, 0) is 32.7 Å². The Morgan fingerprint density at radius 2 is 0.598 bits per heavy atom. The largest absolute Gasteiger partial charge is 0.472 e. The van der Waals surface area contributed by atoms with Crippen molar-refractivity contribution < 1.29 is 37.6 Å². The summed E-state index contributed by atoms with van der Waals surface area (Å²) in [6.45, 7) is 3.47. The van der Waals surface area contributed by atoms with E-state index in [1.165, 1.54) is 103 Å². The number of ether oxygens (including phenoxy) is 2. The number of carbonyl (C=O) groups excluding carboxylic acids is 2. The zero-order chi connectivity index (χ0) is 63.0. The molecular formula is C77H126NO8P. The molecule has 10 heteroatoms. The van der Waals surface area contributed by atoms with Gasteiger partial charge in [-0.3, -0.25) is 18.6 Å². The van der Waals surface area contributed by atoms with Gasteiger partial charge in [0.05, 0.1) is 13.2 Å². The summed E-state index contributed by atoms with van der Waals surface area (Å²) in [5.74, 6) is -0.870. The number of phosphoric ester groups is 1. The summed E-state index contributed by atoms with van der Waals surface area (Å²) in [4.78, 5) is 35.3. The second-order valence-electron chi connectivity index (χ2n) is 22.3. The lowest BCUT2D eigenvalue weighted by molar-refractivity contribution is -0.161. The summed E-state index contributed by atoms with van der Waals surface area (Å²) in [6, 6.07) is 0. The number of carbonyl (C=O) groups is 2. The first-order valence-corrected chi connectivity index (χ1v) is 36.1. The van der Waals surface area contributed by atoms with E-state index in [9.17, 15) is 19.0 Å². The van der Waals surface area contributed by atoms with Gasteiger partial charge in [-0.05, 0) is 128 Å². The molecule has 0 aliphatic heterocycles. The van der Waals surface area contributed by atoms with Crippen molar-refractivity contribution in [2.24, 2.45) is 5.73 Å². The molecule has 0 fully saturated rings. The van der Waals surface area contributed by atoms with Crippen molar-refractivity contribution in [1.82, 2.24) is 0 Å². The van der Waals surface area contributed by atoms with E-state index >= 15 is 0 Å². The van der Waals surface area contributed by atoms with Gasteiger partial charge in [-0.1, -0.05) is 300 Å². The molecule has 0 spiro atoms. The average Bonchev–Trinajstić information content (AvgIpc) is 3.65. The second kappa shape index (κ2) is 70.5. The molecule has 3 N–H and O–H groups in total. The third kappa shape index (κ3) is 70.3. The van der Waals surface area contributed by atoms with E-state index in [2.05, 4.69) is 184 Å². The van der Waals surface area contributed by atoms with Crippen molar-refractivity contribution in [3.05, 3.63) is 170 Å². The molecule has 0 bridgehead atoms. The fourth-order valence-electron chi connectivity index (χ4n) is 9.07. The highest BCUT2D eigenvalue weighted by molar-refractivity contribution is 7.47. The number of hydrogen-bond acceptors (Lipinski definition) is 8. The Kier molecular flexibility index (Phi) is 66.7. The quantitative estimate of drug-likeness (QED) is 0.0264. The number of hydrogen-bond donors (Lipinski definition) is 2. The van der Waals surface area contributed by atoms with Crippen LogP contribution in [0.25, 0.3) is 0 Å². The highest BCUT2D eigenvalue weighted by atomic mass is 31.2. The van der Waals surface area contributed by atoms with Gasteiger partial charge in [0.2, 0.25) is 0 Å². The molecule has 492 valence electrons. The summed E-state index contributed by atoms with van der Waals surface area (Å²) in [6.07, 6.45) is 104. The Balaban J connectivity index is 3.93. The van der Waals surface area contributed by atoms with Gasteiger partial charge in [0, 0.05) is 19.4 Å². The van der Waals surface area contributed by atoms with Crippen molar-refractivity contribution >= 4 is 19.8 Å². The van der Waals surface area contributed by atoms with Gasteiger partial charge in [0.15, 0.2) is 6.10 Å². The molecule has 0 rings (SSSR count). The van der Waals surface area contributed by atoms with Crippen LogP contribution >= 0.6 is 7.82 Å². The van der Waals surface area contributed by atoms with Crippen LogP contribution in [-0.4, -0.2) is 49.3 Å². The Morgan fingerprint density at radius 3 is 0.897 bits per heavy atom. The molecule has 9 nitrogen and oxygen atoms in total. The van der Waals surface area contributed by atoms with Gasteiger partial charge in [0.25, 0.3) is 0 Å². The number of unbranched alkanes of at least 4 members (excludes halogenated alkanes) is 22. The maximum atomic E-state index is 12.8. The summed E-state index contributed by atoms with van der Waals surface area (Å²) >= 11 is 0. The minimum absolute atomic E-state index is 0.0414. The van der Waals surface area contributed by atoms with Crippen molar-refractivity contribution in [2.75, 3.05) is 26.4 Å². The second-order valence-corrected chi connectivity index (χ2v) is 23.7. The molecule has 2 atom stereocenters. The molecule has 0 aliphatic carbocycles. The highest BCUT2D eigenvalue weighted by Gasteiger charge is 2.26. The van der Waals surface area contributed by atoms with E-state index < -0.39 is 32.5 Å². The van der Waals surface area contributed by atoms with Crippen LogP contribution in [0.15, 0.2) is 170 Å². The molecule has 0 saturated carbocycles. The number of rotatable bonds is 63. The zero-order valence-corrected chi connectivity index (χ0v) is 56.1. The molecule has 0 saturated heterocycles. The fourth-order valence-corrected chi connectivity index (χ4v) is 9.83. The molecule has 0 amide bonds. The summed E-state index contributed by atoms with van der Waals surface area (Å²) < 4.78 is 33.1. The minimum atomic E-state index is -4.41. The van der Waals surface area contributed by atoms with E-state index in [0.29, 0.717) is 12.8 Å². The summed E-state index contributed by atoms with van der Waals surface area (Å²) in [7, 11) is -4.41. The van der Waals surface area contributed by atoms with Gasteiger partial charge in [-0.15, -0.1) is 0 Å². The Hall–Kier alpha value is -4.63. The third-order valence-corrected chi connectivity index (χ3v) is 15.1. The summed E-state index contributed by atoms with van der Waals surface area (Å²) in [5.41, 5.74) is 5.40. The molecule has 0 aromatic rings. The summed E-state index contributed by atoms with van der Waals surface area (Å²) in [5, 5.41) is 0. The Labute approximate surface area is 533 Å². The van der Waals surface area contributed by atoms with E-state index in [0.717, 1.165) is 128 Å². The van der Waals surface area contributed by atoms with Crippen molar-refractivity contribution in [2.45, 2.75) is 277 Å². The van der Waals surface area contributed by atoms with E-state index in [4.69, 9.17) is 24.3 Å². The van der Waals surface area contributed by atoms with Crippen molar-refractivity contribution in [1.29, 1.82) is 0 Å². The molecular weight excluding hydrogens is 1100 g/mol. The van der Waals surface area contributed by atoms with E-state index in [1.807, 2.05) is 0 Å². The molecule has 0 aromatic carbocycles. The van der Waals surface area contributed by atoms with Gasteiger partial charge < -0.3 is 20.1 Å². The maximum absolute atomic E-state index is 12.8. The standard InChI is InChI=1S/C77H126NO8P/c1-3-5-7-9-11-13-15-17-19-21-23-25-27-29-30-31-32-33-34-35-36-37-38-39-40-41-42-43-44-46-48-50-52-54-56-58-60-62-64-66-68-70-77(80)86-75(74-85-87(81,82)84-72-71-78)73-83-76(79)69-67-65-63-61-59-57-55-53-51-49-47-45-28-26-24-22-20-18-16-14-12-10-8-6-4-2/h5-8,11-14,17-20,23-26,29-30,32-33,35-36,45,47,51,53,57,59,75H,3-4,9-10,15-16,21-22,27-28,31,34,37-44,46,48-50,52,54-56,58,60-74,78H2,1-2H3,(H,81,82)/b7-5-,8-6-,13-11-,14-12-,19-17-,20-18-,25-23-,26-24-,30-29-,33-32-,36-35-,47-45-,53-51-,59-57-. The van der Waals surface area contributed by atoms with Gasteiger partial charge >= 0.3 is 19.8 Å². The molecule has 0 heterocycles. The van der Waals surface area contributed by atoms with E-state index in [-0.39, 0.29) is 32.6 Å². The normalized spacial score (nSPS) is 14.0. The number of allylic oxidation sites excluding steroid dienone is 28. The lowest BCUT2D eigenvalue weighted by Gasteiger charge is -2.19. The third-order valence-electron chi connectivity index (χ3n) is 14.1. The monoisotopic (exact) mass is 1220 g/mol. The average molecular weight is 1220 g/mol. The lowest BCUT2D eigenvalue weighted by Crippen LogP contribution is -2.29. The molecule has 0 aromatic heterocycles. The number of esters is 2. The van der Waals surface area contributed by atoms with Gasteiger partial charge in [-0.25, -0.2) is 4.57 Å². The zero-order valence-electron chi connectivity index (χ0n) is 55.2. The molecule has 0 radical (unpaired) electrons. The fraction of sp³-hybridized carbons (Fsp3) is 0.610. The number of nitrogens with two attached hydrogens (primary N) is 1. The maximum Gasteiger partial charge on any atom is 0.472 e. The SMILES string of the molecule is CC/C=C\C/C=C\C/C=C\C/C=C\C/C=C\C/C=C\C/C=C\CCCCCCCCCCCCCCCCCCCCCC(=O)OC(COC(=O)CCCCC/C=C\C/C=C\C/C=C\C/C=C\C/C=C\C/C=C\C/C=C\CC)COP(=O)(O)OCCN. The van der Waals surface area contributed by atoms with Crippen molar-refractivity contribution in [3.63, 3.8) is 0 Å². The first-order valence-electron chi connectivity index (χ1n) is 34.6. The van der Waals surface area contributed by atoms with Crippen LogP contribution in [0.1, 0.15) is 271 Å². The molecule has 2 unspecified atom stereocenters. The minimum Gasteiger partial charge on any atom is -0.462 e. The lowest BCUT2D eigenvalue weighted by atomic mass is 10.0. The first-order chi connectivity index (χ1) is 42.8. The van der Waals surface area contributed by atoms with Gasteiger partial charge in [0.1, 0.15) is 6.61 Å². The number of phosphoric acid groups is 1. The van der Waals surface area contributed by atoms with Crippen LogP contribution in [0.3, 0.4) is 0 Å². The predicted octanol–water partition coefficient (Wildman–Crippen LogP) is 23.0. The van der Waals surface area contributed by atoms with Crippen molar-refractivity contribution in [3.8, 4) is 0 Å². The first kappa shape index (κ1) is 82.4. The highest BCUT2D eigenvalue weighted by Crippen LogP contribution is 2.43. The predicted molar refractivity (Wildman–Crippen MR) is 376 cm³/mol. The van der Waals surface area contributed by atoms with Gasteiger partial charge in [-0.2, -0.15) is 0 Å². The topological polar surface area (TPSA) is 134 Å². The Morgan fingerprint density at radius 1 is 0.345 bits per heavy atom. The van der Waals surface area contributed by atoms with Crippen LogP contribution in [0.2, 0.25) is 0 Å². The van der Waals surface area contributed by atoms with Crippen LogP contribution in [0.5, 0.6) is 0 Å². The molecule has 87 heavy (non-hydrogen) atoms. The van der Waals surface area contributed by atoms with Crippen LogP contribution in [0, 0.1) is 0 Å². The van der Waals surface area contributed by atoms with Crippen LogP contribution in [0.4, 0.5) is 0 Å². The Bertz CT molecular complexity index is 2030. The smallest absolute Gasteiger partial charge is 0.462 e. The van der Waals surface area contributed by atoms with E-state index in [1.54, 1.807) is 0 Å². The van der Waals surface area contributed by atoms with Crippen LogP contribution < -0.4 is 5.73 Å².